The third-order valence-electron chi connectivity index (χ3n) is 2.57. The van der Waals surface area contributed by atoms with Crippen LogP contribution in [0.4, 0.5) is 0 Å². The van der Waals surface area contributed by atoms with Crippen molar-refractivity contribution in [3.8, 4) is 0 Å². The Kier molecular flexibility index (Phi) is 4.90. The van der Waals surface area contributed by atoms with Crippen molar-refractivity contribution in [3.05, 3.63) is 0 Å². The number of hydrogen-bond donors (Lipinski definition) is 2. The Balaban J connectivity index is 2.05. The first-order valence-corrected chi connectivity index (χ1v) is 5.23. The SMILES string of the molecule is CC(O)C(=O)NCCC1CCOCC1. The molecule has 1 atom stereocenters. The minimum atomic E-state index is -0.898. The molecule has 1 aliphatic heterocycles. The van der Waals surface area contributed by atoms with Crippen LogP contribution in [0, 0.1) is 5.92 Å². The summed E-state index contributed by atoms with van der Waals surface area (Å²) in [6.45, 7) is 3.82. The molecule has 0 aliphatic carbocycles. The second kappa shape index (κ2) is 5.98. The van der Waals surface area contributed by atoms with Gasteiger partial charge in [0.2, 0.25) is 5.91 Å². The predicted octanol–water partition coefficient (Wildman–Crippen LogP) is 0.300. The molecule has 4 heteroatoms. The molecular weight excluding hydrogens is 182 g/mol. The highest BCUT2D eigenvalue weighted by Gasteiger charge is 2.14. The molecule has 14 heavy (non-hydrogen) atoms. The van der Waals surface area contributed by atoms with Crippen molar-refractivity contribution >= 4 is 5.91 Å². The molecule has 0 aromatic heterocycles. The maximum absolute atomic E-state index is 11.0. The average molecular weight is 201 g/mol. The van der Waals surface area contributed by atoms with Crippen molar-refractivity contribution in [2.24, 2.45) is 5.92 Å². The molecule has 1 aliphatic rings. The predicted molar refractivity (Wildman–Crippen MR) is 52.9 cm³/mol. The molecular formula is C10H19NO3. The molecule has 1 fully saturated rings. The average Bonchev–Trinajstić information content (AvgIpc) is 2.19. The van der Waals surface area contributed by atoms with E-state index in [-0.39, 0.29) is 5.91 Å². The minimum absolute atomic E-state index is 0.281. The Hall–Kier alpha value is -0.610. The molecule has 0 aromatic rings. The van der Waals surface area contributed by atoms with Gasteiger partial charge in [0.15, 0.2) is 0 Å². The van der Waals surface area contributed by atoms with E-state index < -0.39 is 6.10 Å². The lowest BCUT2D eigenvalue weighted by Gasteiger charge is -2.21. The van der Waals surface area contributed by atoms with Gasteiger partial charge in [-0.15, -0.1) is 0 Å². The number of aliphatic hydroxyl groups is 1. The van der Waals surface area contributed by atoms with E-state index in [1.807, 2.05) is 0 Å². The number of hydrogen-bond acceptors (Lipinski definition) is 3. The first-order chi connectivity index (χ1) is 6.70. The largest absolute Gasteiger partial charge is 0.384 e. The highest BCUT2D eigenvalue weighted by atomic mass is 16.5. The summed E-state index contributed by atoms with van der Waals surface area (Å²) in [5, 5.41) is 11.6. The lowest BCUT2D eigenvalue weighted by atomic mass is 9.97. The van der Waals surface area contributed by atoms with E-state index in [2.05, 4.69) is 5.32 Å². The molecule has 0 saturated carbocycles. The number of aliphatic hydroxyl groups excluding tert-OH is 1. The minimum Gasteiger partial charge on any atom is -0.384 e. The van der Waals surface area contributed by atoms with E-state index in [1.165, 1.54) is 6.92 Å². The summed E-state index contributed by atoms with van der Waals surface area (Å²) in [6.07, 6.45) is 2.27. The van der Waals surface area contributed by atoms with Crippen LogP contribution in [0.15, 0.2) is 0 Å². The number of carbonyl (C=O) groups excluding carboxylic acids is 1. The quantitative estimate of drug-likeness (QED) is 0.687. The molecule has 0 aromatic carbocycles. The molecule has 1 amide bonds. The van der Waals surface area contributed by atoms with Crippen LogP contribution in [-0.4, -0.2) is 36.9 Å². The zero-order valence-electron chi connectivity index (χ0n) is 8.66. The van der Waals surface area contributed by atoms with Gasteiger partial charge in [0.05, 0.1) is 0 Å². The van der Waals surface area contributed by atoms with Crippen LogP contribution < -0.4 is 5.32 Å². The van der Waals surface area contributed by atoms with Gasteiger partial charge < -0.3 is 15.2 Å². The molecule has 0 radical (unpaired) electrons. The lowest BCUT2D eigenvalue weighted by molar-refractivity contribution is -0.128. The Morgan fingerprint density at radius 2 is 2.21 bits per heavy atom. The number of nitrogens with one attached hydrogen (secondary N) is 1. The van der Waals surface area contributed by atoms with E-state index >= 15 is 0 Å². The Morgan fingerprint density at radius 1 is 1.57 bits per heavy atom. The van der Waals surface area contributed by atoms with Gasteiger partial charge >= 0.3 is 0 Å². The molecule has 1 heterocycles. The van der Waals surface area contributed by atoms with Gasteiger partial charge in [0.25, 0.3) is 0 Å². The van der Waals surface area contributed by atoms with Gasteiger partial charge in [-0.05, 0) is 32.1 Å². The lowest BCUT2D eigenvalue weighted by Crippen LogP contribution is -2.34. The van der Waals surface area contributed by atoms with Crippen LogP contribution >= 0.6 is 0 Å². The zero-order chi connectivity index (χ0) is 10.4. The summed E-state index contributed by atoms with van der Waals surface area (Å²) in [4.78, 5) is 11.0. The monoisotopic (exact) mass is 201 g/mol. The number of carbonyl (C=O) groups is 1. The topological polar surface area (TPSA) is 58.6 Å². The number of amides is 1. The van der Waals surface area contributed by atoms with Crippen LogP contribution in [0.3, 0.4) is 0 Å². The molecule has 1 rings (SSSR count). The van der Waals surface area contributed by atoms with E-state index in [0.29, 0.717) is 12.5 Å². The molecule has 1 unspecified atom stereocenters. The molecule has 1 saturated heterocycles. The van der Waals surface area contributed by atoms with Crippen LogP contribution in [0.1, 0.15) is 26.2 Å². The van der Waals surface area contributed by atoms with Gasteiger partial charge in [-0.2, -0.15) is 0 Å². The smallest absolute Gasteiger partial charge is 0.248 e. The molecule has 2 N–H and O–H groups in total. The third kappa shape index (κ3) is 4.07. The van der Waals surface area contributed by atoms with Gasteiger partial charge in [-0.1, -0.05) is 0 Å². The summed E-state index contributed by atoms with van der Waals surface area (Å²) >= 11 is 0. The van der Waals surface area contributed by atoms with Crippen molar-refractivity contribution in [2.75, 3.05) is 19.8 Å². The molecule has 82 valence electrons. The van der Waals surface area contributed by atoms with E-state index in [0.717, 1.165) is 32.5 Å². The Labute approximate surface area is 84.6 Å². The van der Waals surface area contributed by atoms with Gasteiger partial charge in [0, 0.05) is 19.8 Å². The first-order valence-electron chi connectivity index (χ1n) is 5.23. The van der Waals surface area contributed by atoms with Crippen LogP contribution in [0.2, 0.25) is 0 Å². The second-order valence-electron chi connectivity index (χ2n) is 3.81. The fourth-order valence-electron chi connectivity index (χ4n) is 1.58. The summed E-state index contributed by atoms with van der Waals surface area (Å²) in [5.74, 6) is 0.384. The van der Waals surface area contributed by atoms with Crippen molar-refractivity contribution in [2.45, 2.75) is 32.3 Å². The Bertz CT molecular complexity index is 176. The number of ether oxygens (including phenoxy) is 1. The highest BCUT2D eigenvalue weighted by molar-refractivity contribution is 5.79. The fourth-order valence-corrected chi connectivity index (χ4v) is 1.58. The van der Waals surface area contributed by atoms with Crippen molar-refractivity contribution in [1.29, 1.82) is 0 Å². The number of rotatable bonds is 4. The first kappa shape index (κ1) is 11.5. The normalized spacial score (nSPS) is 20.4. The zero-order valence-corrected chi connectivity index (χ0v) is 8.66. The summed E-state index contributed by atoms with van der Waals surface area (Å²) in [6, 6.07) is 0. The van der Waals surface area contributed by atoms with Gasteiger partial charge in [-0.25, -0.2) is 0 Å². The molecule has 0 spiro atoms. The maximum atomic E-state index is 11.0. The van der Waals surface area contributed by atoms with Crippen LogP contribution in [0.25, 0.3) is 0 Å². The fraction of sp³-hybridized carbons (Fsp3) is 0.900. The van der Waals surface area contributed by atoms with Gasteiger partial charge in [0.1, 0.15) is 6.10 Å². The van der Waals surface area contributed by atoms with Crippen LogP contribution in [-0.2, 0) is 9.53 Å². The van der Waals surface area contributed by atoms with Crippen molar-refractivity contribution < 1.29 is 14.6 Å². The van der Waals surface area contributed by atoms with E-state index in [9.17, 15) is 4.79 Å². The Morgan fingerprint density at radius 3 is 2.79 bits per heavy atom. The van der Waals surface area contributed by atoms with Crippen LogP contribution in [0.5, 0.6) is 0 Å². The maximum Gasteiger partial charge on any atom is 0.248 e. The summed E-state index contributed by atoms with van der Waals surface area (Å²) < 4.78 is 5.24. The van der Waals surface area contributed by atoms with Crippen molar-refractivity contribution in [3.63, 3.8) is 0 Å². The third-order valence-corrected chi connectivity index (χ3v) is 2.57. The van der Waals surface area contributed by atoms with Gasteiger partial charge in [-0.3, -0.25) is 4.79 Å². The van der Waals surface area contributed by atoms with Crippen molar-refractivity contribution in [1.82, 2.24) is 5.32 Å². The molecule has 4 nitrogen and oxygen atoms in total. The second-order valence-corrected chi connectivity index (χ2v) is 3.81. The van der Waals surface area contributed by atoms with E-state index in [1.54, 1.807) is 0 Å². The summed E-state index contributed by atoms with van der Waals surface area (Å²) in [7, 11) is 0. The standard InChI is InChI=1S/C10H19NO3/c1-8(12)10(13)11-5-2-9-3-6-14-7-4-9/h8-9,12H,2-7H2,1H3,(H,11,13). The molecule has 0 bridgehead atoms. The highest BCUT2D eigenvalue weighted by Crippen LogP contribution is 2.17. The van der Waals surface area contributed by atoms with E-state index in [4.69, 9.17) is 9.84 Å². The summed E-state index contributed by atoms with van der Waals surface area (Å²) in [5.41, 5.74) is 0.